The van der Waals surface area contributed by atoms with Crippen molar-refractivity contribution in [3.8, 4) is 34.3 Å². The molecule has 0 aliphatic heterocycles. The molecule has 1 aromatic heterocycles. The molecule has 1 heterocycles. The first-order valence-corrected chi connectivity index (χ1v) is 10.3. The minimum atomic E-state index is 0.158. The summed E-state index contributed by atoms with van der Waals surface area (Å²) in [6, 6.07) is 22.4. The fraction of sp³-hybridized carbons (Fsp3) is 0.154. The summed E-state index contributed by atoms with van der Waals surface area (Å²) >= 11 is 0. The number of benzene rings is 3. The summed E-state index contributed by atoms with van der Waals surface area (Å²) in [5.74, 6) is 2.86. The van der Waals surface area contributed by atoms with E-state index in [0.29, 0.717) is 36.7 Å². The average Bonchev–Trinajstić information content (AvgIpc) is 3.36. The summed E-state index contributed by atoms with van der Waals surface area (Å²) in [4.78, 5) is 10.9. The van der Waals surface area contributed by atoms with Crippen LogP contribution < -0.4 is 18.9 Å². The molecule has 0 fully saturated rings. The molecule has 7 nitrogen and oxygen atoms in total. The molecule has 0 aliphatic carbocycles. The number of hydrogen-bond acceptors (Lipinski definition) is 7. The molecule has 0 bridgehead atoms. The Kier molecular flexibility index (Phi) is 6.90. The first kappa shape index (κ1) is 22.0. The molecule has 0 amide bonds. The van der Waals surface area contributed by atoms with Crippen LogP contribution >= 0.6 is 0 Å². The summed E-state index contributed by atoms with van der Waals surface area (Å²) in [7, 11) is 3.26. The lowest BCUT2D eigenvalue weighted by atomic mass is 10.1. The van der Waals surface area contributed by atoms with Crippen LogP contribution in [0.2, 0.25) is 0 Å². The lowest BCUT2D eigenvalue weighted by molar-refractivity contribution is 0.109. The molecule has 0 N–H and O–H groups in total. The number of aldehydes is 1. The third-order valence-corrected chi connectivity index (χ3v) is 4.99. The van der Waals surface area contributed by atoms with E-state index in [1.165, 1.54) is 0 Å². The Labute approximate surface area is 191 Å². The highest BCUT2D eigenvalue weighted by molar-refractivity contribution is 5.74. The van der Waals surface area contributed by atoms with E-state index in [1.807, 2.05) is 66.7 Å². The van der Waals surface area contributed by atoms with Crippen LogP contribution in [0.15, 0.2) is 77.3 Å². The first-order valence-electron chi connectivity index (χ1n) is 10.3. The Hall–Kier alpha value is -4.26. The second-order valence-corrected chi connectivity index (χ2v) is 7.17. The van der Waals surface area contributed by atoms with E-state index in [-0.39, 0.29) is 5.76 Å². The Balaban J connectivity index is 1.55. The summed E-state index contributed by atoms with van der Waals surface area (Å²) < 4.78 is 27.6. The molecule has 3 aromatic carbocycles. The topological polar surface area (TPSA) is 80.0 Å². The third kappa shape index (κ3) is 5.51. The van der Waals surface area contributed by atoms with E-state index < -0.39 is 0 Å². The SMILES string of the molecule is COc1ccc(COc2ccc(-c3cc(C=O)on3)cc2OCc2ccc(OC)cc2)cc1. The van der Waals surface area contributed by atoms with Crippen LogP contribution in [0.1, 0.15) is 21.7 Å². The van der Waals surface area contributed by atoms with Gasteiger partial charge in [-0.25, -0.2) is 0 Å². The fourth-order valence-corrected chi connectivity index (χ4v) is 3.15. The summed E-state index contributed by atoms with van der Waals surface area (Å²) in [6.45, 7) is 0.701. The standard InChI is InChI=1S/C26H23NO6/c1-29-21-8-3-18(4-9-21)16-31-25-12-7-20(24-14-23(15-28)33-27-24)13-26(25)32-17-19-5-10-22(30-2)11-6-19/h3-15H,16-17H2,1-2H3. The van der Waals surface area contributed by atoms with Crippen LogP contribution in [0, 0.1) is 0 Å². The number of rotatable bonds is 10. The van der Waals surface area contributed by atoms with Gasteiger partial charge in [0.15, 0.2) is 23.5 Å². The van der Waals surface area contributed by atoms with E-state index in [9.17, 15) is 4.79 Å². The molecule has 0 atom stereocenters. The van der Waals surface area contributed by atoms with Gasteiger partial charge in [-0.3, -0.25) is 4.79 Å². The van der Waals surface area contributed by atoms with E-state index in [2.05, 4.69) is 5.16 Å². The number of hydrogen-bond donors (Lipinski definition) is 0. The van der Waals surface area contributed by atoms with Gasteiger partial charge >= 0.3 is 0 Å². The van der Waals surface area contributed by atoms with Crippen LogP contribution in [0.3, 0.4) is 0 Å². The van der Waals surface area contributed by atoms with Crippen LogP contribution in [0.25, 0.3) is 11.3 Å². The maximum Gasteiger partial charge on any atom is 0.199 e. The molecule has 168 valence electrons. The molecule has 0 saturated carbocycles. The maximum atomic E-state index is 10.9. The van der Waals surface area contributed by atoms with Crippen LogP contribution in [-0.4, -0.2) is 25.7 Å². The monoisotopic (exact) mass is 445 g/mol. The molecule has 33 heavy (non-hydrogen) atoms. The third-order valence-electron chi connectivity index (χ3n) is 4.99. The number of ether oxygens (including phenoxy) is 4. The largest absolute Gasteiger partial charge is 0.497 e. The average molecular weight is 445 g/mol. The van der Waals surface area contributed by atoms with Gasteiger partial charge in [-0.2, -0.15) is 0 Å². The molecule has 4 aromatic rings. The van der Waals surface area contributed by atoms with Gasteiger partial charge in [-0.15, -0.1) is 0 Å². The van der Waals surface area contributed by atoms with Gasteiger partial charge < -0.3 is 23.5 Å². The fourth-order valence-electron chi connectivity index (χ4n) is 3.15. The molecule has 4 rings (SSSR count). The maximum absolute atomic E-state index is 10.9. The van der Waals surface area contributed by atoms with E-state index in [4.69, 9.17) is 23.5 Å². The normalized spacial score (nSPS) is 10.5. The summed E-state index contributed by atoms with van der Waals surface area (Å²) in [6.07, 6.45) is 0.615. The van der Waals surface area contributed by atoms with Gasteiger partial charge in [0.1, 0.15) is 30.4 Å². The van der Waals surface area contributed by atoms with Gasteiger partial charge in [0.2, 0.25) is 0 Å². The smallest absolute Gasteiger partial charge is 0.199 e. The molecule has 0 spiro atoms. The Morgan fingerprint density at radius 2 is 1.33 bits per heavy atom. The van der Waals surface area contributed by atoms with Crippen molar-refractivity contribution in [2.45, 2.75) is 13.2 Å². The number of aromatic nitrogens is 1. The molecular weight excluding hydrogens is 422 g/mol. The van der Waals surface area contributed by atoms with Crippen molar-refractivity contribution in [1.82, 2.24) is 5.16 Å². The lowest BCUT2D eigenvalue weighted by Gasteiger charge is -2.14. The van der Waals surface area contributed by atoms with Crippen molar-refractivity contribution in [3.05, 3.63) is 89.7 Å². The van der Waals surface area contributed by atoms with E-state index >= 15 is 0 Å². The Bertz CT molecular complexity index is 1200. The summed E-state index contributed by atoms with van der Waals surface area (Å²) in [5, 5.41) is 3.95. The second kappa shape index (κ2) is 10.4. The van der Waals surface area contributed by atoms with Crippen molar-refractivity contribution in [2.75, 3.05) is 14.2 Å². The predicted molar refractivity (Wildman–Crippen MR) is 122 cm³/mol. The van der Waals surface area contributed by atoms with Crippen molar-refractivity contribution in [3.63, 3.8) is 0 Å². The van der Waals surface area contributed by atoms with Gasteiger partial charge in [0.25, 0.3) is 0 Å². The number of carbonyl (C=O) groups is 1. The zero-order chi connectivity index (χ0) is 23.0. The highest BCUT2D eigenvalue weighted by Crippen LogP contribution is 2.34. The minimum Gasteiger partial charge on any atom is -0.497 e. The van der Waals surface area contributed by atoms with Crippen LogP contribution in [0.5, 0.6) is 23.0 Å². The minimum absolute atomic E-state index is 0.158. The van der Waals surface area contributed by atoms with Crippen molar-refractivity contribution < 1.29 is 28.3 Å². The molecule has 7 heteroatoms. The first-order chi connectivity index (χ1) is 16.2. The highest BCUT2D eigenvalue weighted by atomic mass is 16.5. The van der Waals surface area contributed by atoms with Crippen LogP contribution in [-0.2, 0) is 13.2 Å². The summed E-state index contributed by atoms with van der Waals surface area (Å²) in [5.41, 5.74) is 3.25. The molecule has 0 saturated heterocycles. The van der Waals surface area contributed by atoms with Crippen molar-refractivity contribution >= 4 is 6.29 Å². The number of methoxy groups -OCH3 is 2. The van der Waals surface area contributed by atoms with Crippen LogP contribution in [0.4, 0.5) is 0 Å². The number of carbonyl (C=O) groups excluding carboxylic acids is 1. The quantitative estimate of drug-likeness (QED) is 0.305. The molecular formula is C26H23NO6. The van der Waals surface area contributed by atoms with Gasteiger partial charge in [0, 0.05) is 11.6 Å². The highest BCUT2D eigenvalue weighted by Gasteiger charge is 2.12. The van der Waals surface area contributed by atoms with Gasteiger partial charge in [0.05, 0.1) is 14.2 Å². The van der Waals surface area contributed by atoms with E-state index in [1.54, 1.807) is 20.3 Å². The predicted octanol–water partition coefficient (Wildman–Crippen LogP) is 5.33. The molecule has 0 unspecified atom stereocenters. The van der Waals surface area contributed by atoms with E-state index in [0.717, 1.165) is 28.2 Å². The lowest BCUT2D eigenvalue weighted by Crippen LogP contribution is -2.01. The van der Waals surface area contributed by atoms with Gasteiger partial charge in [-0.05, 0) is 53.6 Å². The Morgan fingerprint density at radius 3 is 1.85 bits per heavy atom. The molecule has 0 aliphatic rings. The van der Waals surface area contributed by atoms with Crippen molar-refractivity contribution in [1.29, 1.82) is 0 Å². The zero-order valence-corrected chi connectivity index (χ0v) is 18.3. The molecule has 0 radical (unpaired) electrons. The number of nitrogens with zero attached hydrogens (tertiary/aromatic N) is 1. The zero-order valence-electron chi connectivity index (χ0n) is 18.3. The second-order valence-electron chi connectivity index (χ2n) is 7.17. The Morgan fingerprint density at radius 1 is 0.758 bits per heavy atom. The van der Waals surface area contributed by atoms with Crippen molar-refractivity contribution in [2.24, 2.45) is 0 Å². The van der Waals surface area contributed by atoms with Gasteiger partial charge in [-0.1, -0.05) is 29.4 Å².